The quantitative estimate of drug-likeness (QED) is 0.542. The number of carbonyl (C=O) groups is 1. The van der Waals surface area contributed by atoms with Gasteiger partial charge in [0.2, 0.25) is 5.79 Å². The zero-order valence-corrected chi connectivity index (χ0v) is 17.9. The van der Waals surface area contributed by atoms with Crippen LogP contribution in [0.3, 0.4) is 0 Å². The van der Waals surface area contributed by atoms with E-state index in [1.54, 1.807) is 19.9 Å². The predicted molar refractivity (Wildman–Crippen MR) is 108 cm³/mol. The van der Waals surface area contributed by atoms with Gasteiger partial charge in [0.25, 0.3) is 0 Å². The van der Waals surface area contributed by atoms with Crippen LogP contribution in [0.2, 0.25) is 5.82 Å². The summed E-state index contributed by atoms with van der Waals surface area (Å²) in [6.45, 7) is 10.6. The normalized spacial score (nSPS) is 42.9. The summed E-state index contributed by atoms with van der Waals surface area (Å²) in [5.41, 5.74) is 1.78. The van der Waals surface area contributed by atoms with Crippen molar-refractivity contribution in [3.63, 3.8) is 0 Å². The first-order valence-corrected chi connectivity index (χ1v) is 11.0. The Labute approximate surface area is 172 Å². The van der Waals surface area contributed by atoms with E-state index in [2.05, 4.69) is 26.8 Å². The van der Waals surface area contributed by atoms with Gasteiger partial charge in [-0.3, -0.25) is 0 Å². The van der Waals surface area contributed by atoms with Gasteiger partial charge in [0, 0.05) is 19.7 Å². The molecule has 0 N–H and O–H groups in total. The van der Waals surface area contributed by atoms with E-state index >= 15 is 0 Å². The van der Waals surface area contributed by atoms with E-state index in [4.69, 9.17) is 18.8 Å². The lowest BCUT2D eigenvalue weighted by Gasteiger charge is -2.64. The maximum atomic E-state index is 12.4. The van der Waals surface area contributed by atoms with Crippen LogP contribution in [0.5, 0.6) is 5.75 Å². The van der Waals surface area contributed by atoms with Crippen molar-refractivity contribution in [3.8, 4) is 5.75 Å². The van der Waals surface area contributed by atoms with Crippen molar-refractivity contribution in [2.75, 3.05) is 0 Å². The van der Waals surface area contributed by atoms with Crippen molar-refractivity contribution in [3.05, 3.63) is 29.3 Å². The molecule has 4 aliphatic carbocycles. The average Bonchev–Trinajstić information content (AvgIpc) is 3.33. The number of cyclic esters (lactones) is 1. The summed E-state index contributed by atoms with van der Waals surface area (Å²) in [5.74, 6) is 1.35. The lowest BCUT2D eigenvalue weighted by molar-refractivity contribution is -0.199. The number of carbonyl (C=O) groups excluding carboxylic acids is 1. The van der Waals surface area contributed by atoms with Crippen LogP contribution in [0.25, 0.3) is 0 Å². The van der Waals surface area contributed by atoms with Crippen molar-refractivity contribution in [1.29, 1.82) is 0 Å². The Morgan fingerprint density at radius 3 is 2.59 bits per heavy atom. The highest BCUT2D eigenvalue weighted by Crippen LogP contribution is 2.68. The first-order chi connectivity index (χ1) is 13.6. The maximum Gasteiger partial charge on any atom is 0.461 e. The first kappa shape index (κ1) is 18.3. The molecule has 0 amide bonds. The smallest absolute Gasteiger partial charge is 0.452 e. The van der Waals surface area contributed by atoms with Crippen LogP contribution in [0.15, 0.2) is 18.2 Å². The van der Waals surface area contributed by atoms with Crippen LogP contribution < -0.4 is 4.74 Å². The molecule has 154 valence electrons. The van der Waals surface area contributed by atoms with E-state index in [0.717, 1.165) is 24.3 Å². The van der Waals surface area contributed by atoms with E-state index in [0.29, 0.717) is 34.4 Å². The maximum absolute atomic E-state index is 12.4. The first-order valence-electron chi connectivity index (χ1n) is 11.0. The fraction of sp³-hybridized carbons (Fsp3) is 0.696. The molecular weight excluding hydrogens is 367 g/mol. The Morgan fingerprint density at radius 2 is 1.83 bits per heavy atom. The molecule has 3 unspecified atom stereocenters. The molecule has 1 saturated heterocycles. The van der Waals surface area contributed by atoms with Crippen LogP contribution in [0.4, 0.5) is 0 Å². The van der Waals surface area contributed by atoms with E-state index in [-0.39, 0.29) is 24.8 Å². The molecule has 0 aromatic heterocycles. The number of benzene rings is 1. The fourth-order valence-electron chi connectivity index (χ4n) is 6.62. The average molecular weight is 396 g/mol. The van der Waals surface area contributed by atoms with Gasteiger partial charge in [0.05, 0.1) is 11.7 Å². The molecule has 7 rings (SSSR count). The molecule has 2 bridgehead atoms. The van der Waals surface area contributed by atoms with Crippen LogP contribution in [0, 0.1) is 17.3 Å². The lowest BCUT2D eigenvalue weighted by atomic mass is 9.43. The summed E-state index contributed by atoms with van der Waals surface area (Å²) >= 11 is 0. The molecule has 5 nitrogen and oxygen atoms in total. The lowest BCUT2D eigenvalue weighted by Crippen LogP contribution is -2.65. The standard InChI is InChI=1S/C23H29BO5/c1-21(2)12-9-17(21)23(5)18(10-12)28-24(29-23)16-11-15(16)13-7-6-8-14-19(13)26-22(3,4)27-20(14)25/h6-8,12,15-18H,9-11H2,1-5H3/t12?,15-,16-,17?,18?,23-/m0/s1. The van der Waals surface area contributed by atoms with Crippen molar-refractivity contribution < 1.29 is 23.6 Å². The Bertz CT molecular complexity index is 911. The Hall–Kier alpha value is -1.53. The molecule has 0 spiro atoms. The summed E-state index contributed by atoms with van der Waals surface area (Å²) in [5, 5.41) is 0. The molecule has 5 fully saturated rings. The number of hydrogen-bond donors (Lipinski definition) is 0. The third kappa shape index (κ3) is 2.39. The topological polar surface area (TPSA) is 54.0 Å². The highest BCUT2D eigenvalue weighted by molar-refractivity contribution is 6.49. The zero-order chi connectivity index (χ0) is 20.3. The van der Waals surface area contributed by atoms with Crippen molar-refractivity contribution in [2.24, 2.45) is 17.3 Å². The molecule has 6 heteroatoms. The monoisotopic (exact) mass is 396 g/mol. The number of rotatable bonds is 2. The molecule has 1 aromatic carbocycles. The van der Waals surface area contributed by atoms with Gasteiger partial charge in [-0.25, -0.2) is 4.79 Å². The number of para-hydroxylation sites is 1. The Balaban J connectivity index is 1.25. The largest absolute Gasteiger partial charge is 0.461 e. The minimum absolute atomic E-state index is 0.162. The van der Waals surface area contributed by atoms with Crippen molar-refractivity contribution in [1.82, 2.24) is 0 Å². The van der Waals surface area contributed by atoms with E-state index in [1.807, 2.05) is 6.07 Å². The summed E-state index contributed by atoms with van der Waals surface area (Å²) in [6.07, 6.45) is 3.58. The van der Waals surface area contributed by atoms with Crippen LogP contribution in [-0.4, -0.2) is 30.6 Å². The van der Waals surface area contributed by atoms with Crippen LogP contribution >= 0.6 is 0 Å². The third-order valence-electron chi connectivity index (χ3n) is 8.51. The van der Waals surface area contributed by atoms with E-state index in [9.17, 15) is 4.79 Å². The second-order valence-corrected chi connectivity index (χ2v) is 11.0. The van der Waals surface area contributed by atoms with Crippen molar-refractivity contribution in [2.45, 2.75) is 83.1 Å². The highest BCUT2D eigenvalue weighted by atomic mass is 16.7. The number of hydrogen-bond acceptors (Lipinski definition) is 5. The minimum atomic E-state index is -0.945. The van der Waals surface area contributed by atoms with Gasteiger partial charge >= 0.3 is 13.1 Å². The van der Waals surface area contributed by atoms with Gasteiger partial charge in [-0.1, -0.05) is 26.0 Å². The molecule has 29 heavy (non-hydrogen) atoms. The van der Waals surface area contributed by atoms with Crippen LogP contribution in [-0.2, 0) is 14.0 Å². The van der Waals surface area contributed by atoms with Gasteiger partial charge in [0.1, 0.15) is 11.3 Å². The molecule has 2 heterocycles. The predicted octanol–water partition coefficient (Wildman–Crippen LogP) is 4.56. The van der Waals surface area contributed by atoms with E-state index < -0.39 is 5.79 Å². The number of esters is 1. The molecule has 1 aromatic rings. The molecule has 6 aliphatic rings. The molecule has 6 atom stereocenters. The highest BCUT2D eigenvalue weighted by Gasteiger charge is 2.70. The zero-order valence-electron chi connectivity index (χ0n) is 17.9. The van der Waals surface area contributed by atoms with E-state index in [1.165, 1.54) is 6.42 Å². The summed E-state index contributed by atoms with van der Waals surface area (Å²) in [4.78, 5) is 12.4. The van der Waals surface area contributed by atoms with Gasteiger partial charge in [-0.15, -0.1) is 0 Å². The summed E-state index contributed by atoms with van der Waals surface area (Å²) in [6, 6.07) is 5.77. The molecule has 2 aliphatic heterocycles. The second-order valence-electron chi connectivity index (χ2n) is 11.0. The molecular formula is C23H29BO5. The second kappa shape index (κ2) is 5.39. The molecule has 0 radical (unpaired) electrons. The number of fused-ring (bicyclic) bond motifs is 1. The fourth-order valence-corrected chi connectivity index (χ4v) is 6.62. The Morgan fingerprint density at radius 1 is 1.03 bits per heavy atom. The van der Waals surface area contributed by atoms with Crippen molar-refractivity contribution >= 4 is 13.1 Å². The summed E-state index contributed by atoms with van der Waals surface area (Å²) in [7, 11) is -0.162. The minimum Gasteiger partial charge on any atom is -0.452 e. The Kier molecular flexibility index (Phi) is 3.39. The number of ether oxygens (including phenoxy) is 2. The summed E-state index contributed by atoms with van der Waals surface area (Å²) < 4.78 is 24.6. The SMILES string of the molecule is CC1(C)OC(=O)c2cccc([C@@H]3C[C@@H]3B3OC4CC5CC(C5(C)C)[C@]4(C)O3)c2O1. The van der Waals surface area contributed by atoms with Gasteiger partial charge in [-0.2, -0.15) is 0 Å². The third-order valence-corrected chi connectivity index (χ3v) is 8.51. The molecule has 4 saturated carbocycles. The van der Waals surface area contributed by atoms with Gasteiger partial charge in [-0.05, 0) is 61.0 Å². The van der Waals surface area contributed by atoms with Gasteiger partial charge in [0.15, 0.2) is 0 Å². The van der Waals surface area contributed by atoms with Crippen LogP contribution in [0.1, 0.15) is 75.7 Å². The van der Waals surface area contributed by atoms with Gasteiger partial charge < -0.3 is 18.8 Å².